The molecule has 2 aliphatic rings. The molecule has 2 fully saturated rings. The topological polar surface area (TPSA) is 146 Å². The molecule has 0 aliphatic heterocycles. The number of hydrogen-bond acceptors (Lipinski definition) is 6. The lowest BCUT2D eigenvalue weighted by atomic mass is 9.67. The van der Waals surface area contributed by atoms with Gasteiger partial charge < -0.3 is 20.9 Å². The number of anilines is 1. The predicted octanol–water partition coefficient (Wildman–Crippen LogP) is 4.74. The number of rotatable bonds is 6. The standard InChI is InChI=1S/C28H30BrN5O5/c1-30-27(36)20-12-17(29)13-24(34(38)39)26(20)32-22-10-15-6-2-3-7-16(15)11-23(22)33-28(37)19-14-25(35)31-21-9-5-4-8-18(19)21/h4-5,8-9,12-16,22-23,32H,2-3,6-7,10-11H2,1H3,(H,30,36)(H,31,35)(H,33,37)/t15?,16?,22-,23+/m1/s1. The normalized spacial score (nSPS) is 22.5. The van der Waals surface area contributed by atoms with E-state index in [-0.39, 0.29) is 46.1 Å². The van der Waals surface area contributed by atoms with Gasteiger partial charge in [-0.2, -0.15) is 0 Å². The second-order valence-electron chi connectivity index (χ2n) is 10.4. The van der Waals surface area contributed by atoms with Gasteiger partial charge in [0.25, 0.3) is 17.5 Å². The lowest BCUT2D eigenvalue weighted by Gasteiger charge is -2.44. The van der Waals surface area contributed by atoms with Gasteiger partial charge in [-0.05, 0) is 36.8 Å². The summed E-state index contributed by atoms with van der Waals surface area (Å²) in [6, 6.07) is 10.6. The molecule has 0 radical (unpaired) electrons. The number of nitro benzene ring substituents is 1. The third-order valence-corrected chi connectivity index (χ3v) is 8.52. The molecule has 4 atom stereocenters. The zero-order valence-electron chi connectivity index (χ0n) is 21.5. The molecule has 0 saturated heterocycles. The summed E-state index contributed by atoms with van der Waals surface area (Å²) >= 11 is 3.28. The van der Waals surface area contributed by atoms with Crippen LogP contribution in [0, 0.1) is 22.0 Å². The average Bonchev–Trinajstić information content (AvgIpc) is 2.92. The van der Waals surface area contributed by atoms with Gasteiger partial charge in [0.2, 0.25) is 5.56 Å². The van der Waals surface area contributed by atoms with Crippen molar-refractivity contribution in [1.29, 1.82) is 0 Å². The first kappa shape index (κ1) is 26.9. The van der Waals surface area contributed by atoms with Gasteiger partial charge in [0.1, 0.15) is 5.69 Å². The summed E-state index contributed by atoms with van der Waals surface area (Å²) in [6.45, 7) is 0. The molecule has 39 heavy (non-hydrogen) atoms. The number of fused-ring (bicyclic) bond motifs is 2. The van der Waals surface area contributed by atoms with E-state index >= 15 is 0 Å². The first-order valence-electron chi connectivity index (χ1n) is 13.1. The van der Waals surface area contributed by atoms with Gasteiger partial charge in [-0.3, -0.25) is 24.5 Å². The Morgan fingerprint density at radius 2 is 1.69 bits per heavy atom. The third-order valence-electron chi connectivity index (χ3n) is 8.06. The molecule has 11 heteroatoms. The minimum atomic E-state index is -0.512. The van der Waals surface area contributed by atoms with Crippen molar-refractivity contribution < 1.29 is 14.5 Å². The van der Waals surface area contributed by atoms with Crippen molar-refractivity contribution in [3.63, 3.8) is 0 Å². The van der Waals surface area contributed by atoms with Crippen molar-refractivity contribution in [3.05, 3.63) is 78.5 Å². The number of H-pyrrole nitrogens is 1. The largest absolute Gasteiger partial charge is 0.374 e. The lowest BCUT2D eigenvalue weighted by Crippen LogP contribution is -2.53. The van der Waals surface area contributed by atoms with Crippen LogP contribution in [0.5, 0.6) is 0 Å². The zero-order valence-corrected chi connectivity index (χ0v) is 23.0. The van der Waals surface area contributed by atoms with Crippen molar-refractivity contribution in [2.24, 2.45) is 11.8 Å². The Bertz CT molecular complexity index is 1510. The Kier molecular flexibility index (Phi) is 7.69. The van der Waals surface area contributed by atoms with E-state index in [0.717, 1.165) is 25.7 Å². The first-order valence-corrected chi connectivity index (χ1v) is 13.9. The van der Waals surface area contributed by atoms with Gasteiger partial charge >= 0.3 is 0 Å². The fraction of sp³-hybridized carbons (Fsp3) is 0.393. The molecule has 1 aromatic heterocycles. The van der Waals surface area contributed by atoms with Gasteiger partial charge in [0.05, 0.1) is 16.1 Å². The summed E-state index contributed by atoms with van der Waals surface area (Å²) in [5, 5.41) is 21.7. The molecule has 3 aromatic rings. The van der Waals surface area contributed by atoms with E-state index in [1.54, 1.807) is 24.3 Å². The van der Waals surface area contributed by atoms with Crippen LogP contribution < -0.4 is 21.5 Å². The fourth-order valence-corrected chi connectivity index (χ4v) is 6.68. The molecule has 204 valence electrons. The Hall–Kier alpha value is -3.73. The fourth-order valence-electron chi connectivity index (χ4n) is 6.23. The number of aromatic nitrogens is 1. The molecule has 2 unspecified atom stereocenters. The number of carbonyl (C=O) groups excluding carboxylic acids is 2. The smallest absolute Gasteiger partial charge is 0.294 e. The molecule has 2 saturated carbocycles. The second kappa shape index (κ2) is 11.2. The van der Waals surface area contributed by atoms with Gasteiger partial charge in [-0.1, -0.05) is 59.8 Å². The Labute approximate surface area is 233 Å². The van der Waals surface area contributed by atoms with Crippen molar-refractivity contribution in [1.82, 2.24) is 15.6 Å². The molecule has 4 N–H and O–H groups in total. The number of benzene rings is 2. The number of aromatic amines is 1. The van der Waals surface area contributed by atoms with Crippen molar-refractivity contribution in [2.75, 3.05) is 12.4 Å². The van der Waals surface area contributed by atoms with Crippen LogP contribution >= 0.6 is 15.9 Å². The van der Waals surface area contributed by atoms with Gasteiger partial charge in [0.15, 0.2) is 0 Å². The number of nitrogens with zero attached hydrogens (tertiary/aromatic N) is 1. The molecular formula is C28H30BrN5O5. The molecule has 5 rings (SSSR count). The average molecular weight is 596 g/mol. The van der Waals surface area contributed by atoms with E-state index in [1.165, 1.54) is 19.2 Å². The maximum absolute atomic E-state index is 13.6. The van der Waals surface area contributed by atoms with Crippen molar-refractivity contribution >= 4 is 50.0 Å². The number of hydrogen-bond donors (Lipinski definition) is 4. The van der Waals surface area contributed by atoms with Crippen LogP contribution in [-0.4, -0.2) is 40.9 Å². The first-order chi connectivity index (χ1) is 18.7. The SMILES string of the molecule is CNC(=O)c1cc(Br)cc([N+](=O)[O-])c1N[C@@H]1CC2CCCCC2C[C@@H]1NC(=O)c1cc(=O)[nH]c2ccccc12. The summed E-state index contributed by atoms with van der Waals surface area (Å²) < 4.78 is 0.417. The van der Waals surface area contributed by atoms with Crippen LogP contribution in [0.15, 0.2) is 51.7 Å². The number of halogens is 1. The quantitative estimate of drug-likeness (QED) is 0.239. The third kappa shape index (κ3) is 5.54. The maximum atomic E-state index is 13.6. The van der Waals surface area contributed by atoms with Gasteiger partial charge in [0, 0.05) is 46.6 Å². The highest BCUT2D eigenvalue weighted by molar-refractivity contribution is 9.10. The van der Waals surface area contributed by atoms with Crippen LogP contribution in [-0.2, 0) is 0 Å². The minimum absolute atomic E-state index is 0.127. The van der Waals surface area contributed by atoms with Crippen molar-refractivity contribution in [2.45, 2.75) is 50.6 Å². The maximum Gasteiger partial charge on any atom is 0.294 e. The van der Waals surface area contributed by atoms with E-state index in [2.05, 4.69) is 36.9 Å². The van der Waals surface area contributed by atoms with Gasteiger partial charge in [-0.25, -0.2) is 0 Å². The lowest BCUT2D eigenvalue weighted by molar-refractivity contribution is -0.384. The van der Waals surface area contributed by atoms with Crippen LogP contribution in [0.4, 0.5) is 11.4 Å². The number of pyridine rings is 1. The Morgan fingerprint density at radius 3 is 2.38 bits per heavy atom. The number of para-hydroxylation sites is 1. The summed E-state index contributed by atoms with van der Waals surface area (Å²) in [6.07, 6.45) is 5.80. The summed E-state index contributed by atoms with van der Waals surface area (Å²) in [7, 11) is 1.47. The molecular weight excluding hydrogens is 566 g/mol. The Morgan fingerprint density at radius 1 is 1.00 bits per heavy atom. The van der Waals surface area contributed by atoms with E-state index in [4.69, 9.17) is 0 Å². The highest BCUT2D eigenvalue weighted by atomic mass is 79.9. The molecule has 10 nitrogen and oxygen atoms in total. The van der Waals surface area contributed by atoms with Crippen LogP contribution in [0.3, 0.4) is 0 Å². The van der Waals surface area contributed by atoms with E-state index in [1.807, 2.05) is 6.07 Å². The zero-order chi connectivity index (χ0) is 27.7. The van der Waals surface area contributed by atoms with Gasteiger partial charge in [-0.15, -0.1) is 0 Å². The Balaban J connectivity index is 1.52. The monoisotopic (exact) mass is 595 g/mol. The van der Waals surface area contributed by atoms with E-state index < -0.39 is 10.8 Å². The van der Waals surface area contributed by atoms with Crippen molar-refractivity contribution in [3.8, 4) is 0 Å². The van der Waals surface area contributed by atoms with E-state index in [9.17, 15) is 24.5 Å². The molecule has 0 bridgehead atoms. The highest BCUT2D eigenvalue weighted by Crippen LogP contribution is 2.43. The molecule has 0 spiro atoms. The summed E-state index contributed by atoms with van der Waals surface area (Å²) in [5.41, 5.74) is 0.531. The summed E-state index contributed by atoms with van der Waals surface area (Å²) in [5.74, 6) is 0.0168. The number of nitro groups is 1. The molecule has 2 aromatic carbocycles. The summed E-state index contributed by atoms with van der Waals surface area (Å²) in [4.78, 5) is 52.9. The number of amides is 2. The second-order valence-corrected chi connectivity index (χ2v) is 11.3. The number of carbonyl (C=O) groups is 2. The van der Waals surface area contributed by atoms with Crippen LogP contribution in [0.2, 0.25) is 0 Å². The molecule has 2 aliphatic carbocycles. The molecule has 1 heterocycles. The highest BCUT2D eigenvalue weighted by Gasteiger charge is 2.40. The van der Waals surface area contributed by atoms with E-state index in [0.29, 0.717) is 40.1 Å². The predicted molar refractivity (Wildman–Crippen MR) is 152 cm³/mol. The molecule has 2 amide bonds. The number of nitrogens with one attached hydrogen (secondary N) is 4. The van der Waals surface area contributed by atoms with Crippen LogP contribution in [0.25, 0.3) is 10.9 Å². The minimum Gasteiger partial charge on any atom is -0.374 e. The van der Waals surface area contributed by atoms with Crippen LogP contribution in [0.1, 0.15) is 59.2 Å².